The fourth-order valence-electron chi connectivity index (χ4n) is 1.68. The lowest BCUT2D eigenvalue weighted by molar-refractivity contribution is -0.144. The van der Waals surface area contributed by atoms with E-state index >= 15 is 0 Å². The highest BCUT2D eigenvalue weighted by Gasteiger charge is 2.24. The van der Waals surface area contributed by atoms with Crippen molar-refractivity contribution in [3.63, 3.8) is 0 Å². The van der Waals surface area contributed by atoms with Crippen LogP contribution in [-0.2, 0) is 9.53 Å². The summed E-state index contributed by atoms with van der Waals surface area (Å²) in [5.41, 5.74) is 1.11. The van der Waals surface area contributed by atoms with Gasteiger partial charge in [0.2, 0.25) is 0 Å². The van der Waals surface area contributed by atoms with Gasteiger partial charge in [0.1, 0.15) is 6.04 Å². The second kappa shape index (κ2) is 6.35. The number of pyridine rings is 1. The van der Waals surface area contributed by atoms with Gasteiger partial charge in [0.15, 0.2) is 0 Å². The van der Waals surface area contributed by atoms with Crippen LogP contribution in [0.25, 0.3) is 0 Å². The third kappa shape index (κ3) is 3.82. The number of esters is 1. The predicted molar refractivity (Wildman–Crippen MR) is 66.4 cm³/mol. The molecule has 0 fully saturated rings. The van der Waals surface area contributed by atoms with E-state index in [0.29, 0.717) is 0 Å². The van der Waals surface area contributed by atoms with E-state index in [0.717, 1.165) is 5.56 Å². The Balaban J connectivity index is 2.71. The van der Waals surface area contributed by atoms with Crippen molar-refractivity contribution < 1.29 is 9.53 Å². The molecule has 0 aliphatic heterocycles. The zero-order valence-corrected chi connectivity index (χ0v) is 10.8. The minimum absolute atomic E-state index is 0.0875. The third-order valence-corrected chi connectivity index (χ3v) is 2.76. The second-order valence-corrected chi connectivity index (χ2v) is 4.41. The van der Waals surface area contributed by atoms with Gasteiger partial charge < -0.3 is 4.74 Å². The highest BCUT2D eigenvalue weighted by atomic mass is 16.5. The van der Waals surface area contributed by atoms with Crippen molar-refractivity contribution >= 4 is 5.97 Å². The Kier molecular flexibility index (Phi) is 5.10. The maximum atomic E-state index is 11.6. The summed E-state index contributed by atoms with van der Waals surface area (Å²) in [6.07, 6.45) is 3.49. The van der Waals surface area contributed by atoms with E-state index in [1.54, 1.807) is 12.4 Å². The second-order valence-electron chi connectivity index (χ2n) is 4.41. The summed E-state index contributed by atoms with van der Waals surface area (Å²) < 4.78 is 4.80. The Bertz CT molecular complexity index is 352. The molecule has 1 rings (SSSR count). The fourth-order valence-corrected chi connectivity index (χ4v) is 1.68. The van der Waals surface area contributed by atoms with Gasteiger partial charge in [-0.15, -0.1) is 0 Å². The molecule has 1 unspecified atom stereocenters. The average molecular weight is 236 g/mol. The first-order valence-electron chi connectivity index (χ1n) is 5.80. The van der Waals surface area contributed by atoms with E-state index in [-0.39, 0.29) is 24.0 Å². The number of hydrogen-bond donors (Lipinski definition) is 1. The summed E-state index contributed by atoms with van der Waals surface area (Å²) >= 11 is 0. The molecule has 1 aromatic rings. The van der Waals surface area contributed by atoms with Crippen molar-refractivity contribution in [2.45, 2.75) is 32.9 Å². The number of ether oxygens (including phenoxy) is 1. The Labute approximate surface area is 102 Å². The van der Waals surface area contributed by atoms with E-state index in [9.17, 15) is 4.79 Å². The molecule has 0 saturated carbocycles. The van der Waals surface area contributed by atoms with Crippen LogP contribution in [0.5, 0.6) is 0 Å². The van der Waals surface area contributed by atoms with Gasteiger partial charge in [0.25, 0.3) is 0 Å². The SMILES string of the molecule is COC(=O)[C@H](NC(C)c1ccncc1)C(C)C. The van der Waals surface area contributed by atoms with Gasteiger partial charge in [-0.05, 0) is 30.5 Å². The molecule has 0 aliphatic rings. The molecule has 4 heteroatoms. The van der Waals surface area contributed by atoms with Gasteiger partial charge in [-0.25, -0.2) is 0 Å². The highest BCUT2D eigenvalue weighted by molar-refractivity contribution is 5.76. The van der Waals surface area contributed by atoms with Gasteiger partial charge in [0.05, 0.1) is 7.11 Å². The van der Waals surface area contributed by atoms with E-state index in [1.807, 2.05) is 32.9 Å². The molecule has 2 atom stereocenters. The van der Waals surface area contributed by atoms with Crippen molar-refractivity contribution in [3.8, 4) is 0 Å². The molecule has 1 heterocycles. The molecule has 0 aliphatic carbocycles. The minimum Gasteiger partial charge on any atom is -0.468 e. The van der Waals surface area contributed by atoms with Gasteiger partial charge in [-0.3, -0.25) is 15.1 Å². The molecule has 0 aromatic carbocycles. The minimum atomic E-state index is -0.289. The Morgan fingerprint density at radius 1 is 1.29 bits per heavy atom. The first kappa shape index (κ1) is 13.6. The lowest BCUT2D eigenvalue weighted by Gasteiger charge is -2.24. The summed E-state index contributed by atoms with van der Waals surface area (Å²) in [7, 11) is 1.41. The van der Waals surface area contributed by atoms with Crippen molar-refractivity contribution in [2.75, 3.05) is 7.11 Å². The van der Waals surface area contributed by atoms with Gasteiger partial charge in [-0.1, -0.05) is 13.8 Å². The van der Waals surface area contributed by atoms with Crippen molar-refractivity contribution in [1.82, 2.24) is 10.3 Å². The van der Waals surface area contributed by atoms with Gasteiger partial charge >= 0.3 is 5.97 Å². The topological polar surface area (TPSA) is 51.2 Å². The van der Waals surface area contributed by atoms with Crippen molar-refractivity contribution in [2.24, 2.45) is 5.92 Å². The van der Waals surface area contributed by atoms with Crippen LogP contribution in [0.2, 0.25) is 0 Å². The number of hydrogen-bond acceptors (Lipinski definition) is 4. The number of methoxy groups -OCH3 is 1. The van der Waals surface area contributed by atoms with E-state index in [4.69, 9.17) is 4.74 Å². The molecule has 0 saturated heterocycles. The van der Waals surface area contributed by atoms with Crippen LogP contribution >= 0.6 is 0 Å². The van der Waals surface area contributed by atoms with E-state index in [2.05, 4.69) is 10.3 Å². The summed E-state index contributed by atoms with van der Waals surface area (Å²) in [5.74, 6) is -0.0346. The highest BCUT2D eigenvalue weighted by Crippen LogP contribution is 2.14. The van der Waals surface area contributed by atoms with Crippen LogP contribution < -0.4 is 5.32 Å². The summed E-state index contributed by atoms with van der Waals surface area (Å²) in [6, 6.07) is 3.67. The molecule has 4 nitrogen and oxygen atoms in total. The fraction of sp³-hybridized carbons (Fsp3) is 0.538. The maximum Gasteiger partial charge on any atom is 0.323 e. The number of carbonyl (C=O) groups excluding carboxylic acids is 1. The van der Waals surface area contributed by atoms with Crippen LogP contribution in [0, 0.1) is 5.92 Å². The van der Waals surface area contributed by atoms with Crippen LogP contribution in [0.4, 0.5) is 0 Å². The molecule has 0 bridgehead atoms. The van der Waals surface area contributed by atoms with Gasteiger partial charge in [-0.2, -0.15) is 0 Å². The molecular weight excluding hydrogens is 216 g/mol. The normalized spacial score (nSPS) is 14.4. The first-order chi connectivity index (χ1) is 8.06. The summed E-state index contributed by atoms with van der Waals surface area (Å²) in [4.78, 5) is 15.6. The zero-order valence-electron chi connectivity index (χ0n) is 10.8. The largest absolute Gasteiger partial charge is 0.468 e. The Morgan fingerprint density at radius 2 is 1.88 bits per heavy atom. The molecule has 94 valence electrons. The number of aromatic nitrogens is 1. The number of rotatable bonds is 5. The molecule has 1 aromatic heterocycles. The van der Waals surface area contributed by atoms with Crippen LogP contribution in [-0.4, -0.2) is 24.1 Å². The summed E-state index contributed by atoms with van der Waals surface area (Å²) in [6.45, 7) is 6.01. The molecule has 0 spiro atoms. The number of carbonyl (C=O) groups is 1. The lowest BCUT2D eigenvalue weighted by atomic mass is 10.0. The average Bonchev–Trinajstić information content (AvgIpc) is 2.35. The van der Waals surface area contributed by atoms with Crippen molar-refractivity contribution in [3.05, 3.63) is 30.1 Å². The maximum absolute atomic E-state index is 11.6. The van der Waals surface area contributed by atoms with Crippen LogP contribution in [0.3, 0.4) is 0 Å². The zero-order chi connectivity index (χ0) is 12.8. The first-order valence-corrected chi connectivity index (χ1v) is 5.80. The van der Waals surface area contributed by atoms with Crippen LogP contribution in [0.15, 0.2) is 24.5 Å². The number of nitrogens with zero attached hydrogens (tertiary/aromatic N) is 1. The van der Waals surface area contributed by atoms with E-state index < -0.39 is 0 Å². The Morgan fingerprint density at radius 3 is 2.35 bits per heavy atom. The van der Waals surface area contributed by atoms with Gasteiger partial charge in [0, 0.05) is 18.4 Å². The van der Waals surface area contributed by atoms with Crippen molar-refractivity contribution in [1.29, 1.82) is 0 Å². The standard InChI is InChI=1S/C13H20N2O2/c1-9(2)12(13(16)17-4)15-10(3)11-5-7-14-8-6-11/h5-10,12,15H,1-4H3/t10?,12-/m1/s1. The number of nitrogens with one attached hydrogen (secondary N) is 1. The lowest BCUT2D eigenvalue weighted by Crippen LogP contribution is -2.42. The quantitative estimate of drug-likeness (QED) is 0.794. The Hall–Kier alpha value is -1.42. The molecule has 1 N–H and O–H groups in total. The van der Waals surface area contributed by atoms with Crippen LogP contribution in [0.1, 0.15) is 32.4 Å². The summed E-state index contributed by atoms with van der Waals surface area (Å²) in [5, 5.41) is 3.28. The predicted octanol–water partition coefficient (Wildman–Crippen LogP) is 1.93. The molecular formula is C13H20N2O2. The monoisotopic (exact) mass is 236 g/mol. The molecule has 0 radical (unpaired) electrons. The smallest absolute Gasteiger partial charge is 0.323 e. The third-order valence-electron chi connectivity index (χ3n) is 2.76. The van der Waals surface area contributed by atoms with E-state index in [1.165, 1.54) is 7.11 Å². The molecule has 17 heavy (non-hydrogen) atoms. The molecule has 0 amide bonds.